The Balaban J connectivity index is 1.39. The van der Waals surface area contributed by atoms with Gasteiger partial charge < -0.3 is 4.90 Å². The molecule has 2 bridgehead atoms. The maximum absolute atomic E-state index is 12.8. The fourth-order valence-electron chi connectivity index (χ4n) is 5.04. The summed E-state index contributed by atoms with van der Waals surface area (Å²) in [5, 5.41) is 5.39. The summed E-state index contributed by atoms with van der Waals surface area (Å²) in [6.07, 6.45) is 7.15. The van der Waals surface area contributed by atoms with Gasteiger partial charge in [-0.1, -0.05) is 24.3 Å². The lowest BCUT2D eigenvalue weighted by Gasteiger charge is -2.37. The molecule has 1 saturated heterocycles. The van der Waals surface area contributed by atoms with Crippen LogP contribution >= 0.6 is 0 Å². The fourth-order valence-corrected chi connectivity index (χ4v) is 5.04. The third-order valence-electron chi connectivity index (χ3n) is 6.37. The van der Waals surface area contributed by atoms with Crippen molar-refractivity contribution in [3.63, 3.8) is 0 Å². The third kappa shape index (κ3) is 2.04. The van der Waals surface area contributed by atoms with Crippen molar-refractivity contribution >= 4 is 23.7 Å². The first-order chi connectivity index (χ1) is 12.1. The molecule has 0 aromatic heterocycles. The summed E-state index contributed by atoms with van der Waals surface area (Å²) in [7, 11) is 3.97. The Morgan fingerprint density at radius 3 is 2.08 bits per heavy atom. The molecule has 0 N–H and O–H groups in total. The number of rotatable bonds is 3. The molecule has 128 valence electrons. The Labute approximate surface area is 147 Å². The molecule has 1 aromatic rings. The number of allylic oxidation sites excluding steroid dienone is 2. The first-order valence-corrected chi connectivity index (χ1v) is 8.94. The molecule has 25 heavy (non-hydrogen) atoms. The lowest BCUT2D eigenvalue weighted by Crippen LogP contribution is -2.40. The van der Waals surface area contributed by atoms with Crippen molar-refractivity contribution < 1.29 is 9.59 Å². The van der Waals surface area contributed by atoms with Gasteiger partial charge in [-0.2, -0.15) is 10.1 Å². The molecule has 4 aliphatic carbocycles. The highest BCUT2D eigenvalue weighted by molar-refractivity contribution is 6.06. The van der Waals surface area contributed by atoms with Gasteiger partial charge in [-0.15, -0.1) is 0 Å². The van der Waals surface area contributed by atoms with Crippen LogP contribution in [0.3, 0.4) is 0 Å². The second-order valence-electron chi connectivity index (χ2n) is 7.87. The molecule has 1 heterocycles. The zero-order chi connectivity index (χ0) is 17.3. The van der Waals surface area contributed by atoms with E-state index in [-0.39, 0.29) is 35.5 Å². The van der Waals surface area contributed by atoms with Crippen molar-refractivity contribution in [1.82, 2.24) is 5.01 Å². The predicted molar refractivity (Wildman–Crippen MR) is 94.9 cm³/mol. The lowest BCUT2D eigenvalue weighted by molar-refractivity contribution is -0.140. The largest absolute Gasteiger partial charge is 0.378 e. The van der Waals surface area contributed by atoms with Crippen LogP contribution in [0.1, 0.15) is 12.0 Å². The highest BCUT2D eigenvalue weighted by atomic mass is 16.2. The average molecular weight is 335 g/mol. The Hall–Kier alpha value is -2.43. The molecule has 5 aliphatic rings. The summed E-state index contributed by atoms with van der Waals surface area (Å²) < 4.78 is 0. The molecule has 6 rings (SSSR count). The maximum atomic E-state index is 12.8. The van der Waals surface area contributed by atoms with Crippen LogP contribution in [0, 0.1) is 35.5 Å². The Morgan fingerprint density at radius 2 is 1.56 bits per heavy atom. The van der Waals surface area contributed by atoms with Crippen LogP contribution in [0.2, 0.25) is 0 Å². The quantitative estimate of drug-likeness (QED) is 0.483. The molecule has 5 heteroatoms. The molecule has 3 fully saturated rings. The molecule has 0 radical (unpaired) electrons. The topological polar surface area (TPSA) is 53.0 Å². The second kappa shape index (κ2) is 5.04. The summed E-state index contributed by atoms with van der Waals surface area (Å²) in [5.74, 6) is 1.15. The molecular formula is C20H21N3O2. The minimum absolute atomic E-state index is 0.110. The molecule has 0 unspecified atom stereocenters. The smallest absolute Gasteiger partial charge is 0.254 e. The van der Waals surface area contributed by atoms with E-state index >= 15 is 0 Å². The SMILES string of the molecule is CN(C)c1ccc(/C=N\N2C(=O)[C@@H]3[C@H]4C=C[C@@H]([C@@H]5C[C@H]45)[C@H]3C2=O)cc1. The van der Waals surface area contributed by atoms with Crippen molar-refractivity contribution in [3.05, 3.63) is 42.0 Å². The number of benzene rings is 1. The van der Waals surface area contributed by atoms with Crippen LogP contribution in [0.15, 0.2) is 41.5 Å². The normalized spacial score (nSPS) is 37.6. The van der Waals surface area contributed by atoms with Crippen LogP contribution in [0.4, 0.5) is 5.69 Å². The molecule has 5 nitrogen and oxygen atoms in total. The second-order valence-corrected chi connectivity index (χ2v) is 7.87. The third-order valence-corrected chi connectivity index (χ3v) is 6.37. The molecule has 0 spiro atoms. The van der Waals surface area contributed by atoms with Gasteiger partial charge in [0.2, 0.25) is 0 Å². The lowest BCUT2D eigenvalue weighted by atomic mass is 9.63. The monoisotopic (exact) mass is 335 g/mol. The average Bonchev–Trinajstić information content (AvgIpc) is 3.39. The Kier molecular flexibility index (Phi) is 3.00. The van der Waals surface area contributed by atoms with E-state index in [9.17, 15) is 9.59 Å². The van der Waals surface area contributed by atoms with E-state index in [4.69, 9.17) is 0 Å². The molecule has 2 saturated carbocycles. The van der Waals surface area contributed by atoms with E-state index in [0.29, 0.717) is 11.8 Å². The Morgan fingerprint density at radius 1 is 1.00 bits per heavy atom. The van der Waals surface area contributed by atoms with Crippen molar-refractivity contribution in [2.75, 3.05) is 19.0 Å². The maximum Gasteiger partial charge on any atom is 0.254 e. The summed E-state index contributed by atoms with van der Waals surface area (Å²) in [6.45, 7) is 0. The highest BCUT2D eigenvalue weighted by Crippen LogP contribution is 2.65. The van der Waals surface area contributed by atoms with Gasteiger partial charge in [0, 0.05) is 19.8 Å². The number of anilines is 1. The van der Waals surface area contributed by atoms with Gasteiger partial charge in [0.15, 0.2) is 0 Å². The number of carbonyl (C=O) groups is 2. The van der Waals surface area contributed by atoms with Gasteiger partial charge in [0.1, 0.15) is 0 Å². The fraction of sp³-hybridized carbons (Fsp3) is 0.450. The van der Waals surface area contributed by atoms with Crippen molar-refractivity contribution in [2.24, 2.45) is 40.6 Å². The van der Waals surface area contributed by atoms with Gasteiger partial charge in [0.05, 0.1) is 18.1 Å². The predicted octanol–water partition coefficient (Wildman–Crippen LogP) is 2.14. The van der Waals surface area contributed by atoms with E-state index in [1.807, 2.05) is 43.3 Å². The van der Waals surface area contributed by atoms with Crippen LogP contribution in [-0.4, -0.2) is 37.1 Å². The van der Waals surface area contributed by atoms with Gasteiger partial charge in [0.25, 0.3) is 11.8 Å². The van der Waals surface area contributed by atoms with Crippen LogP contribution in [0.5, 0.6) is 0 Å². The van der Waals surface area contributed by atoms with Gasteiger partial charge >= 0.3 is 0 Å². The van der Waals surface area contributed by atoms with Crippen molar-refractivity contribution in [1.29, 1.82) is 0 Å². The number of nitrogens with zero attached hydrogens (tertiary/aromatic N) is 3. The minimum atomic E-state index is -0.181. The highest BCUT2D eigenvalue weighted by Gasteiger charge is 2.67. The van der Waals surface area contributed by atoms with Gasteiger partial charge in [-0.25, -0.2) is 0 Å². The standard InChI is InChI=1S/C20H21N3O2/c1-22(2)12-5-3-11(4-6-12)10-21-23-19(24)17-13-7-8-14(16-9-15(13)16)18(17)20(23)25/h3-8,10,13-18H,9H2,1-2H3/b21-10-/t13-,14-,15-,16+,17+,18+/m0/s1. The number of amides is 2. The van der Waals surface area contributed by atoms with Crippen molar-refractivity contribution in [3.8, 4) is 0 Å². The van der Waals surface area contributed by atoms with Crippen molar-refractivity contribution in [2.45, 2.75) is 6.42 Å². The first-order valence-electron chi connectivity index (χ1n) is 8.94. The molecular weight excluding hydrogens is 314 g/mol. The number of imide groups is 1. The number of carbonyl (C=O) groups excluding carboxylic acids is 2. The molecule has 6 atom stereocenters. The van der Waals surface area contributed by atoms with E-state index < -0.39 is 0 Å². The van der Waals surface area contributed by atoms with Crippen LogP contribution < -0.4 is 4.90 Å². The van der Waals surface area contributed by atoms with Gasteiger partial charge in [-0.3, -0.25) is 9.59 Å². The van der Waals surface area contributed by atoms with Crippen LogP contribution in [0.25, 0.3) is 0 Å². The zero-order valence-electron chi connectivity index (χ0n) is 14.4. The molecule has 2 amide bonds. The zero-order valence-corrected chi connectivity index (χ0v) is 14.4. The van der Waals surface area contributed by atoms with E-state index in [2.05, 4.69) is 17.3 Å². The minimum Gasteiger partial charge on any atom is -0.378 e. The summed E-state index contributed by atoms with van der Waals surface area (Å²) in [5.41, 5.74) is 1.98. The van der Waals surface area contributed by atoms with E-state index in [1.165, 1.54) is 6.42 Å². The number of hydrazone groups is 1. The molecule has 1 aliphatic heterocycles. The summed E-state index contributed by atoms with van der Waals surface area (Å²) >= 11 is 0. The molecule has 1 aromatic carbocycles. The Bertz CT molecular complexity index is 775. The van der Waals surface area contributed by atoms with Crippen LogP contribution in [-0.2, 0) is 9.59 Å². The van der Waals surface area contributed by atoms with E-state index in [0.717, 1.165) is 16.3 Å². The first kappa shape index (κ1) is 14.9. The van der Waals surface area contributed by atoms with E-state index in [1.54, 1.807) is 6.21 Å². The summed E-state index contributed by atoms with van der Waals surface area (Å²) in [6, 6.07) is 7.87. The van der Waals surface area contributed by atoms with Gasteiger partial charge in [-0.05, 0) is 47.8 Å². The number of hydrogen-bond donors (Lipinski definition) is 0. The summed E-state index contributed by atoms with van der Waals surface area (Å²) in [4.78, 5) is 27.7. The number of hydrogen-bond acceptors (Lipinski definition) is 4.